The van der Waals surface area contributed by atoms with Crippen LogP contribution in [0.1, 0.15) is 16.8 Å². The molecule has 0 aliphatic heterocycles. The van der Waals surface area contributed by atoms with E-state index in [1.165, 1.54) is 6.07 Å². The molecule has 0 radical (unpaired) electrons. The molecule has 0 unspecified atom stereocenters. The Hall–Kier alpha value is -1.75. The SMILES string of the molecule is COCCCOc1ccc(C(N)=O)cc1N. The van der Waals surface area contributed by atoms with Gasteiger partial charge in [0, 0.05) is 25.7 Å². The van der Waals surface area contributed by atoms with E-state index in [-0.39, 0.29) is 0 Å². The third-order valence-corrected chi connectivity index (χ3v) is 2.04. The molecule has 1 rings (SSSR count). The molecular weight excluding hydrogens is 208 g/mol. The van der Waals surface area contributed by atoms with Crippen LogP contribution in [0.2, 0.25) is 0 Å². The highest BCUT2D eigenvalue weighted by Gasteiger charge is 2.05. The number of hydrogen-bond donors (Lipinski definition) is 2. The lowest BCUT2D eigenvalue weighted by Crippen LogP contribution is -2.11. The molecule has 16 heavy (non-hydrogen) atoms. The van der Waals surface area contributed by atoms with Crippen molar-refractivity contribution in [2.45, 2.75) is 6.42 Å². The average Bonchev–Trinajstić information content (AvgIpc) is 2.26. The van der Waals surface area contributed by atoms with Crippen LogP contribution in [0.15, 0.2) is 18.2 Å². The molecule has 5 heteroatoms. The summed E-state index contributed by atoms with van der Waals surface area (Å²) in [5, 5.41) is 0. The first-order valence-electron chi connectivity index (χ1n) is 4.96. The molecule has 4 N–H and O–H groups in total. The lowest BCUT2D eigenvalue weighted by atomic mass is 10.2. The van der Waals surface area contributed by atoms with Gasteiger partial charge in [0.1, 0.15) is 5.75 Å². The van der Waals surface area contributed by atoms with Crippen molar-refractivity contribution in [1.29, 1.82) is 0 Å². The normalized spacial score (nSPS) is 10.1. The number of primary amides is 1. The standard InChI is InChI=1S/C11H16N2O3/c1-15-5-2-6-16-10-4-3-8(11(13)14)7-9(10)12/h3-4,7H,2,5-6,12H2,1H3,(H2,13,14). The van der Waals surface area contributed by atoms with E-state index in [1.54, 1.807) is 19.2 Å². The highest BCUT2D eigenvalue weighted by molar-refractivity contribution is 5.94. The Balaban J connectivity index is 2.57. The average molecular weight is 224 g/mol. The van der Waals surface area contributed by atoms with Crippen LogP contribution < -0.4 is 16.2 Å². The molecular formula is C11H16N2O3. The van der Waals surface area contributed by atoms with Crippen LogP contribution in [-0.2, 0) is 4.74 Å². The van der Waals surface area contributed by atoms with Gasteiger partial charge in [-0.2, -0.15) is 0 Å². The molecule has 0 spiro atoms. The number of carbonyl (C=O) groups excluding carboxylic acids is 1. The van der Waals surface area contributed by atoms with Gasteiger partial charge < -0.3 is 20.9 Å². The number of anilines is 1. The van der Waals surface area contributed by atoms with E-state index in [0.717, 1.165) is 6.42 Å². The van der Waals surface area contributed by atoms with Crippen molar-refractivity contribution >= 4 is 11.6 Å². The van der Waals surface area contributed by atoms with E-state index in [9.17, 15) is 4.79 Å². The van der Waals surface area contributed by atoms with E-state index in [4.69, 9.17) is 20.9 Å². The molecule has 1 amide bonds. The maximum Gasteiger partial charge on any atom is 0.248 e. The summed E-state index contributed by atoms with van der Waals surface area (Å²) in [4.78, 5) is 10.9. The summed E-state index contributed by atoms with van der Waals surface area (Å²) in [5.41, 5.74) is 11.6. The number of methoxy groups -OCH3 is 1. The van der Waals surface area contributed by atoms with Gasteiger partial charge in [0.05, 0.1) is 12.3 Å². The van der Waals surface area contributed by atoms with Crippen molar-refractivity contribution in [3.05, 3.63) is 23.8 Å². The topological polar surface area (TPSA) is 87.6 Å². The molecule has 0 atom stereocenters. The molecule has 0 aromatic heterocycles. The second-order valence-electron chi connectivity index (χ2n) is 3.31. The number of nitrogens with two attached hydrogens (primary N) is 2. The van der Waals surface area contributed by atoms with Crippen molar-refractivity contribution in [1.82, 2.24) is 0 Å². The predicted molar refractivity (Wildman–Crippen MR) is 61.4 cm³/mol. The lowest BCUT2D eigenvalue weighted by Gasteiger charge is -2.09. The highest BCUT2D eigenvalue weighted by atomic mass is 16.5. The molecule has 1 aromatic carbocycles. The number of carbonyl (C=O) groups is 1. The van der Waals surface area contributed by atoms with Gasteiger partial charge in [0.15, 0.2) is 0 Å². The molecule has 0 fully saturated rings. The minimum absolute atomic E-state index is 0.377. The Morgan fingerprint density at radius 3 is 2.69 bits per heavy atom. The number of nitrogen functional groups attached to an aromatic ring is 1. The van der Waals surface area contributed by atoms with Crippen LogP contribution in [0.3, 0.4) is 0 Å². The van der Waals surface area contributed by atoms with Crippen molar-refractivity contribution < 1.29 is 14.3 Å². The largest absolute Gasteiger partial charge is 0.491 e. The summed E-state index contributed by atoms with van der Waals surface area (Å²) < 4.78 is 10.3. The van der Waals surface area contributed by atoms with E-state index >= 15 is 0 Å². The van der Waals surface area contributed by atoms with E-state index in [2.05, 4.69) is 0 Å². The van der Waals surface area contributed by atoms with Crippen LogP contribution in [0.4, 0.5) is 5.69 Å². The molecule has 0 aliphatic rings. The lowest BCUT2D eigenvalue weighted by molar-refractivity contribution is 0.100. The molecule has 0 heterocycles. The van der Waals surface area contributed by atoms with Crippen molar-refractivity contribution in [2.75, 3.05) is 26.1 Å². The Bertz CT molecular complexity index is 366. The molecule has 1 aromatic rings. The molecule has 0 bridgehead atoms. The summed E-state index contributed by atoms with van der Waals surface area (Å²) in [5.74, 6) is 0.0544. The van der Waals surface area contributed by atoms with Gasteiger partial charge in [-0.05, 0) is 18.2 Å². The Labute approximate surface area is 94.3 Å². The van der Waals surface area contributed by atoms with E-state index < -0.39 is 5.91 Å². The van der Waals surface area contributed by atoms with Crippen molar-refractivity contribution in [3.63, 3.8) is 0 Å². The maximum absolute atomic E-state index is 10.9. The summed E-state index contributed by atoms with van der Waals surface area (Å²) in [7, 11) is 1.63. The number of rotatable bonds is 6. The zero-order chi connectivity index (χ0) is 12.0. The van der Waals surface area contributed by atoms with Crippen molar-refractivity contribution in [3.8, 4) is 5.75 Å². The smallest absolute Gasteiger partial charge is 0.248 e. The highest BCUT2D eigenvalue weighted by Crippen LogP contribution is 2.22. The fourth-order valence-electron chi connectivity index (χ4n) is 1.22. The second kappa shape index (κ2) is 5.97. The van der Waals surface area contributed by atoms with Crippen LogP contribution in [0.5, 0.6) is 5.75 Å². The van der Waals surface area contributed by atoms with E-state index in [1.807, 2.05) is 0 Å². The van der Waals surface area contributed by atoms with Crippen molar-refractivity contribution in [2.24, 2.45) is 5.73 Å². The first-order valence-corrected chi connectivity index (χ1v) is 4.96. The predicted octanol–water partition coefficient (Wildman–Crippen LogP) is 0.783. The Morgan fingerprint density at radius 1 is 1.38 bits per heavy atom. The number of ether oxygens (including phenoxy) is 2. The molecule has 5 nitrogen and oxygen atoms in total. The third-order valence-electron chi connectivity index (χ3n) is 2.04. The second-order valence-corrected chi connectivity index (χ2v) is 3.31. The quantitative estimate of drug-likeness (QED) is 0.552. The number of hydrogen-bond acceptors (Lipinski definition) is 4. The van der Waals surface area contributed by atoms with Gasteiger partial charge in [0.25, 0.3) is 0 Å². The Kier molecular flexibility index (Phi) is 4.60. The van der Waals surface area contributed by atoms with E-state index in [0.29, 0.717) is 30.2 Å². The first kappa shape index (κ1) is 12.3. The maximum atomic E-state index is 10.9. The van der Waals surface area contributed by atoms with Gasteiger partial charge >= 0.3 is 0 Å². The summed E-state index contributed by atoms with van der Waals surface area (Å²) in [6.07, 6.45) is 0.785. The van der Waals surface area contributed by atoms with Gasteiger partial charge in [-0.15, -0.1) is 0 Å². The van der Waals surface area contributed by atoms with Crippen LogP contribution in [-0.4, -0.2) is 26.2 Å². The Morgan fingerprint density at radius 2 is 2.12 bits per heavy atom. The van der Waals surface area contributed by atoms with Crippen LogP contribution in [0.25, 0.3) is 0 Å². The molecule has 0 saturated heterocycles. The number of benzene rings is 1. The van der Waals surface area contributed by atoms with Gasteiger partial charge in [-0.25, -0.2) is 0 Å². The van der Waals surface area contributed by atoms with Gasteiger partial charge in [0.2, 0.25) is 5.91 Å². The summed E-state index contributed by atoms with van der Waals surface area (Å²) >= 11 is 0. The summed E-state index contributed by atoms with van der Waals surface area (Å²) in [6, 6.07) is 4.74. The zero-order valence-corrected chi connectivity index (χ0v) is 9.23. The minimum Gasteiger partial charge on any atom is -0.491 e. The monoisotopic (exact) mass is 224 g/mol. The first-order chi connectivity index (χ1) is 7.65. The van der Waals surface area contributed by atoms with Crippen LogP contribution in [0, 0.1) is 0 Å². The fourth-order valence-corrected chi connectivity index (χ4v) is 1.22. The van der Waals surface area contributed by atoms with Gasteiger partial charge in [-0.3, -0.25) is 4.79 Å². The molecule has 0 saturated carbocycles. The summed E-state index contributed by atoms with van der Waals surface area (Å²) in [6.45, 7) is 1.16. The molecule has 0 aliphatic carbocycles. The minimum atomic E-state index is -0.502. The van der Waals surface area contributed by atoms with Crippen LogP contribution >= 0.6 is 0 Å². The zero-order valence-electron chi connectivity index (χ0n) is 9.23. The third kappa shape index (κ3) is 3.43. The molecule has 88 valence electrons. The number of amides is 1. The van der Waals surface area contributed by atoms with Gasteiger partial charge in [-0.1, -0.05) is 0 Å². The fraction of sp³-hybridized carbons (Fsp3) is 0.364.